The van der Waals surface area contributed by atoms with Crippen molar-refractivity contribution in [2.75, 3.05) is 6.61 Å². The highest BCUT2D eigenvalue weighted by Gasteiger charge is 2.39. The third-order valence-electron chi connectivity index (χ3n) is 5.10. The van der Waals surface area contributed by atoms with Gasteiger partial charge in [0, 0.05) is 6.42 Å². The molecule has 1 aromatic heterocycles. The zero-order chi connectivity index (χ0) is 22.0. The van der Waals surface area contributed by atoms with Crippen LogP contribution in [0.25, 0.3) is 0 Å². The average Bonchev–Trinajstić information content (AvgIpc) is 3.15. The fourth-order valence-corrected chi connectivity index (χ4v) is 3.62. The van der Waals surface area contributed by atoms with Gasteiger partial charge in [-0.15, -0.1) is 0 Å². The molecule has 0 N–H and O–H groups in total. The predicted molar refractivity (Wildman–Crippen MR) is 119 cm³/mol. The van der Waals surface area contributed by atoms with Gasteiger partial charge in [-0.25, -0.2) is 0 Å². The number of aromatic nitrogens is 2. The van der Waals surface area contributed by atoms with Gasteiger partial charge in [0.2, 0.25) is 0 Å². The van der Waals surface area contributed by atoms with Crippen LogP contribution in [0.2, 0.25) is 10.0 Å². The van der Waals surface area contributed by atoms with E-state index < -0.39 is 17.9 Å². The molecule has 8 heteroatoms. The zero-order valence-corrected chi connectivity index (χ0v) is 18.6. The first kappa shape index (κ1) is 21.7. The molecule has 1 fully saturated rings. The van der Waals surface area contributed by atoms with E-state index >= 15 is 0 Å². The standard InChI is InChI=1S/C23H22Cl2N2O4/c1-14-3-7-16(8-4-14)29-13-20-19(30-17-9-5-15(2)6-10-17)11-21(31-20)27-23(28)22(25)18(24)12-26-27/h3-10,12,19-21H,11,13H2,1-2H3/t19-,20+,21+/m0/s1. The Morgan fingerprint density at radius 2 is 1.65 bits per heavy atom. The molecule has 4 rings (SSSR count). The molecule has 1 aliphatic heterocycles. The maximum atomic E-state index is 12.5. The summed E-state index contributed by atoms with van der Waals surface area (Å²) in [5.41, 5.74) is 1.78. The first-order chi connectivity index (χ1) is 14.9. The number of benzene rings is 2. The SMILES string of the molecule is Cc1ccc(OC[C@H]2O[C@@H](n3ncc(Cl)c(Cl)c3=O)C[C@@H]2Oc2ccc(C)cc2)cc1. The lowest BCUT2D eigenvalue weighted by molar-refractivity contribution is -0.0418. The normalized spacial score (nSPS) is 20.6. The van der Waals surface area contributed by atoms with Crippen LogP contribution in [0.15, 0.2) is 59.5 Å². The van der Waals surface area contributed by atoms with Gasteiger partial charge >= 0.3 is 0 Å². The number of halogens is 2. The lowest BCUT2D eigenvalue weighted by Gasteiger charge is -2.20. The monoisotopic (exact) mass is 460 g/mol. The summed E-state index contributed by atoms with van der Waals surface area (Å²) in [5.74, 6) is 1.45. The third-order valence-corrected chi connectivity index (χ3v) is 5.85. The van der Waals surface area contributed by atoms with Crippen LogP contribution in [-0.4, -0.2) is 28.6 Å². The largest absolute Gasteiger partial charge is 0.491 e. The van der Waals surface area contributed by atoms with E-state index in [4.69, 9.17) is 37.4 Å². The van der Waals surface area contributed by atoms with Crippen LogP contribution < -0.4 is 15.0 Å². The van der Waals surface area contributed by atoms with E-state index in [1.807, 2.05) is 62.4 Å². The van der Waals surface area contributed by atoms with Crippen LogP contribution in [0.1, 0.15) is 23.8 Å². The lowest BCUT2D eigenvalue weighted by Crippen LogP contribution is -2.32. The van der Waals surface area contributed by atoms with E-state index in [1.54, 1.807) is 0 Å². The fraction of sp³-hybridized carbons (Fsp3) is 0.304. The van der Waals surface area contributed by atoms with Crippen molar-refractivity contribution in [2.45, 2.75) is 38.7 Å². The molecule has 6 nitrogen and oxygen atoms in total. The number of rotatable bonds is 6. The van der Waals surface area contributed by atoms with Crippen molar-refractivity contribution in [3.05, 3.63) is 86.3 Å². The fourth-order valence-electron chi connectivity index (χ4n) is 3.36. The van der Waals surface area contributed by atoms with Crippen LogP contribution in [-0.2, 0) is 4.74 Å². The second kappa shape index (κ2) is 9.30. The van der Waals surface area contributed by atoms with Gasteiger partial charge in [0.1, 0.15) is 35.3 Å². The van der Waals surface area contributed by atoms with E-state index in [1.165, 1.54) is 10.9 Å². The average molecular weight is 461 g/mol. The molecule has 0 unspecified atom stereocenters. The summed E-state index contributed by atoms with van der Waals surface area (Å²) in [6, 6.07) is 15.5. The summed E-state index contributed by atoms with van der Waals surface area (Å²) in [6.07, 6.45) is 0.322. The molecule has 2 aromatic carbocycles. The molecule has 0 radical (unpaired) electrons. The van der Waals surface area contributed by atoms with Gasteiger partial charge in [0.05, 0.1) is 11.2 Å². The Hall–Kier alpha value is -2.54. The van der Waals surface area contributed by atoms with Gasteiger partial charge in [-0.1, -0.05) is 58.6 Å². The first-order valence-corrected chi connectivity index (χ1v) is 10.7. The van der Waals surface area contributed by atoms with Crippen molar-refractivity contribution >= 4 is 23.2 Å². The molecule has 0 spiro atoms. The lowest BCUT2D eigenvalue weighted by atomic mass is 10.1. The quantitative estimate of drug-likeness (QED) is 0.518. The summed E-state index contributed by atoms with van der Waals surface area (Å²) in [6.45, 7) is 4.28. The summed E-state index contributed by atoms with van der Waals surface area (Å²) in [4.78, 5) is 12.5. The van der Waals surface area contributed by atoms with Gasteiger partial charge in [-0.2, -0.15) is 9.78 Å². The highest BCUT2D eigenvalue weighted by atomic mass is 35.5. The first-order valence-electron chi connectivity index (χ1n) is 9.92. The van der Waals surface area contributed by atoms with E-state index in [0.717, 1.165) is 22.6 Å². The third kappa shape index (κ3) is 5.03. The van der Waals surface area contributed by atoms with Gasteiger partial charge < -0.3 is 14.2 Å². The smallest absolute Gasteiger partial charge is 0.289 e. The van der Waals surface area contributed by atoms with E-state index in [0.29, 0.717) is 6.42 Å². The van der Waals surface area contributed by atoms with Crippen molar-refractivity contribution in [2.24, 2.45) is 0 Å². The maximum absolute atomic E-state index is 12.5. The van der Waals surface area contributed by atoms with Crippen molar-refractivity contribution in [1.29, 1.82) is 0 Å². The van der Waals surface area contributed by atoms with Crippen molar-refractivity contribution in [1.82, 2.24) is 9.78 Å². The molecule has 0 aliphatic carbocycles. The second-order valence-electron chi connectivity index (χ2n) is 7.51. The van der Waals surface area contributed by atoms with Crippen LogP contribution in [0.4, 0.5) is 0 Å². The Balaban J connectivity index is 1.54. The number of aryl methyl sites for hydroxylation is 2. The molecule has 1 aliphatic rings. The highest BCUT2D eigenvalue weighted by molar-refractivity contribution is 6.41. The minimum absolute atomic E-state index is 0.0874. The number of nitrogens with zero attached hydrogens (tertiary/aromatic N) is 2. The van der Waals surface area contributed by atoms with Crippen LogP contribution in [0.5, 0.6) is 11.5 Å². The molecule has 31 heavy (non-hydrogen) atoms. The maximum Gasteiger partial charge on any atom is 0.289 e. The topological polar surface area (TPSA) is 62.6 Å². The van der Waals surface area contributed by atoms with Crippen LogP contribution in [0.3, 0.4) is 0 Å². The molecule has 2 heterocycles. The van der Waals surface area contributed by atoms with E-state index in [9.17, 15) is 4.79 Å². The van der Waals surface area contributed by atoms with Crippen molar-refractivity contribution in [3.8, 4) is 11.5 Å². The van der Waals surface area contributed by atoms with Gasteiger partial charge in [-0.3, -0.25) is 4.79 Å². The Bertz CT molecular complexity index is 1100. The Labute approximate surface area is 190 Å². The summed E-state index contributed by atoms with van der Waals surface area (Å²) < 4.78 is 19.4. The van der Waals surface area contributed by atoms with Gasteiger partial charge in [0.15, 0.2) is 6.23 Å². The Kier molecular flexibility index (Phi) is 6.51. The molecular weight excluding hydrogens is 439 g/mol. The Morgan fingerprint density at radius 3 is 2.29 bits per heavy atom. The highest BCUT2D eigenvalue weighted by Crippen LogP contribution is 2.32. The zero-order valence-electron chi connectivity index (χ0n) is 17.1. The van der Waals surface area contributed by atoms with Crippen LogP contribution >= 0.6 is 23.2 Å². The summed E-state index contributed by atoms with van der Waals surface area (Å²) in [5, 5.41) is 4.12. The van der Waals surface area contributed by atoms with Crippen molar-refractivity contribution < 1.29 is 14.2 Å². The number of ether oxygens (including phenoxy) is 3. The molecule has 162 valence electrons. The summed E-state index contributed by atoms with van der Waals surface area (Å²) >= 11 is 11.9. The van der Waals surface area contributed by atoms with E-state index in [-0.39, 0.29) is 22.8 Å². The molecular formula is C23H22Cl2N2O4. The Morgan fingerprint density at radius 1 is 1.03 bits per heavy atom. The molecule has 3 atom stereocenters. The molecule has 0 bridgehead atoms. The minimum Gasteiger partial charge on any atom is -0.491 e. The molecule has 0 saturated carbocycles. The van der Waals surface area contributed by atoms with E-state index in [2.05, 4.69) is 5.10 Å². The van der Waals surface area contributed by atoms with Crippen LogP contribution in [0, 0.1) is 13.8 Å². The van der Waals surface area contributed by atoms with Crippen molar-refractivity contribution in [3.63, 3.8) is 0 Å². The number of hydrogen-bond acceptors (Lipinski definition) is 5. The summed E-state index contributed by atoms with van der Waals surface area (Å²) in [7, 11) is 0. The predicted octanol–water partition coefficient (Wildman–Crippen LogP) is 4.98. The number of hydrogen-bond donors (Lipinski definition) is 0. The second-order valence-corrected chi connectivity index (χ2v) is 8.30. The van der Waals surface area contributed by atoms with Gasteiger partial charge in [-0.05, 0) is 38.1 Å². The molecule has 0 amide bonds. The minimum atomic E-state index is -0.649. The van der Waals surface area contributed by atoms with Gasteiger partial charge in [0.25, 0.3) is 5.56 Å². The molecule has 3 aromatic rings. The molecule has 1 saturated heterocycles.